The average Bonchev–Trinajstić information content (AvgIpc) is 3.14. The second-order valence-corrected chi connectivity index (χ2v) is 9.34. The Morgan fingerprint density at radius 1 is 1.07 bits per heavy atom. The van der Waals surface area contributed by atoms with Crippen molar-refractivity contribution in [2.75, 3.05) is 20.1 Å². The van der Waals surface area contributed by atoms with Crippen molar-refractivity contribution in [1.82, 2.24) is 4.90 Å². The maximum Gasteiger partial charge on any atom is 0.328 e. The fraction of sp³-hybridized carbons (Fsp3) is 0.364. The number of carboxylic acid groups (broad SMARTS) is 2. The van der Waals surface area contributed by atoms with Crippen LogP contribution in [-0.2, 0) is 20.1 Å². The Bertz CT molecular complexity index is 886. The van der Waals surface area contributed by atoms with Crippen molar-refractivity contribution in [3.05, 3.63) is 64.6 Å². The standard InChI is InChI=1S/C18H21NOS2.C4H4O4/c1-19-9-6-14(7-10-19)20-17-15-5-3-2-4-13(15)12-22-18-16(17)8-11-21-18;5-3(6)1-2-4(7)8/h2-5,8,11,14,17H,6-7,9-10,12H2,1H3;1-2H,(H,5,6)(H,7,8)/b;2-1-. The first-order valence-corrected chi connectivity index (χ1v) is 11.6. The minimum atomic E-state index is -1.26. The van der Waals surface area contributed by atoms with Gasteiger partial charge in [-0.1, -0.05) is 24.3 Å². The first-order valence-electron chi connectivity index (χ1n) is 9.70. The first kappa shape index (κ1) is 22.6. The molecule has 2 aliphatic rings. The van der Waals surface area contributed by atoms with Crippen molar-refractivity contribution < 1.29 is 24.5 Å². The monoisotopic (exact) mass is 447 g/mol. The van der Waals surface area contributed by atoms with Crippen molar-refractivity contribution in [3.63, 3.8) is 0 Å². The summed E-state index contributed by atoms with van der Waals surface area (Å²) in [6.45, 7) is 2.29. The quantitative estimate of drug-likeness (QED) is 0.677. The number of thiophene rings is 1. The van der Waals surface area contributed by atoms with Gasteiger partial charge in [0.15, 0.2) is 0 Å². The Balaban J connectivity index is 0.000000275. The molecule has 0 spiro atoms. The van der Waals surface area contributed by atoms with Gasteiger partial charge in [-0.25, -0.2) is 9.59 Å². The normalized spacial score (nSPS) is 19.3. The molecule has 30 heavy (non-hydrogen) atoms. The third kappa shape index (κ3) is 6.18. The van der Waals surface area contributed by atoms with Crippen LogP contribution in [0.4, 0.5) is 0 Å². The lowest BCUT2D eigenvalue weighted by Gasteiger charge is -2.32. The molecule has 1 fully saturated rings. The van der Waals surface area contributed by atoms with Crippen LogP contribution < -0.4 is 0 Å². The van der Waals surface area contributed by atoms with E-state index in [2.05, 4.69) is 47.7 Å². The van der Waals surface area contributed by atoms with Gasteiger partial charge in [0.1, 0.15) is 6.10 Å². The summed E-state index contributed by atoms with van der Waals surface area (Å²) in [6, 6.07) is 11.1. The predicted molar refractivity (Wildman–Crippen MR) is 118 cm³/mol. The molecule has 0 aliphatic carbocycles. The smallest absolute Gasteiger partial charge is 0.328 e. The molecule has 0 saturated carbocycles. The van der Waals surface area contributed by atoms with Crippen LogP contribution in [0.5, 0.6) is 0 Å². The highest BCUT2D eigenvalue weighted by atomic mass is 32.2. The molecular weight excluding hydrogens is 422 g/mol. The minimum absolute atomic E-state index is 0.112. The summed E-state index contributed by atoms with van der Waals surface area (Å²) in [5.41, 5.74) is 4.17. The number of likely N-dealkylation sites (tertiary alicyclic amines) is 1. The van der Waals surface area contributed by atoms with Gasteiger partial charge < -0.3 is 19.8 Å². The van der Waals surface area contributed by atoms with Gasteiger partial charge >= 0.3 is 11.9 Å². The number of thioether (sulfide) groups is 1. The highest BCUT2D eigenvalue weighted by Gasteiger charge is 2.29. The molecular formula is C22H25NO5S2. The predicted octanol–water partition coefficient (Wildman–Crippen LogP) is 4.27. The van der Waals surface area contributed by atoms with Gasteiger partial charge in [0.25, 0.3) is 0 Å². The SMILES string of the molecule is CN1CCC(OC2c3ccccc3CSc3sccc32)CC1.O=C(O)/C=C\C(=O)O. The summed E-state index contributed by atoms with van der Waals surface area (Å²) >= 11 is 3.81. The van der Waals surface area contributed by atoms with Crippen LogP contribution in [0, 0.1) is 0 Å². The van der Waals surface area contributed by atoms with Crippen molar-refractivity contribution in [2.45, 2.75) is 35.0 Å². The lowest BCUT2D eigenvalue weighted by molar-refractivity contribution is -0.134. The molecule has 2 aromatic rings. The maximum atomic E-state index is 9.55. The summed E-state index contributed by atoms with van der Waals surface area (Å²) < 4.78 is 8.06. The summed E-state index contributed by atoms with van der Waals surface area (Å²) in [7, 11) is 2.20. The van der Waals surface area contributed by atoms with E-state index in [0.717, 1.165) is 31.7 Å². The van der Waals surface area contributed by atoms with Crippen LogP contribution in [0.2, 0.25) is 0 Å². The van der Waals surface area contributed by atoms with E-state index >= 15 is 0 Å². The highest BCUT2D eigenvalue weighted by Crippen LogP contribution is 2.44. The number of fused-ring (bicyclic) bond motifs is 2. The molecule has 2 N–H and O–H groups in total. The topological polar surface area (TPSA) is 87.1 Å². The van der Waals surface area contributed by atoms with E-state index in [0.29, 0.717) is 18.3 Å². The molecule has 1 saturated heterocycles. The fourth-order valence-electron chi connectivity index (χ4n) is 3.45. The summed E-state index contributed by atoms with van der Waals surface area (Å²) in [4.78, 5) is 21.5. The molecule has 6 nitrogen and oxygen atoms in total. The fourth-order valence-corrected chi connectivity index (χ4v) is 5.61. The van der Waals surface area contributed by atoms with Gasteiger partial charge in [-0.2, -0.15) is 0 Å². The first-order chi connectivity index (χ1) is 14.4. The van der Waals surface area contributed by atoms with Gasteiger partial charge in [-0.3, -0.25) is 0 Å². The van der Waals surface area contributed by atoms with Crippen molar-refractivity contribution in [3.8, 4) is 0 Å². The molecule has 4 rings (SSSR count). The number of rotatable bonds is 4. The second kappa shape index (κ2) is 10.8. The largest absolute Gasteiger partial charge is 0.478 e. The van der Waals surface area contributed by atoms with E-state index in [1.165, 1.54) is 20.9 Å². The number of carboxylic acids is 2. The van der Waals surface area contributed by atoms with Crippen LogP contribution in [0.15, 0.2) is 52.1 Å². The molecule has 1 aromatic carbocycles. The lowest BCUT2D eigenvalue weighted by atomic mass is 9.98. The third-order valence-corrected chi connectivity index (χ3v) is 7.32. The zero-order valence-corrected chi connectivity index (χ0v) is 18.3. The van der Waals surface area contributed by atoms with E-state index in [-0.39, 0.29) is 6.10 Å². The van der Waals surface area contributed by atoms with Crippen molar-refractivity contribution >= 4 is 35.0 Å². The highest BCUT2D eigenvalue weighted by molar-refractivity contribution is 8.00. The van der Waals surface area contributed by atoms with Gasteiger partial charge in [0.2, 0.25) is 0 Å². The second-order valence-electron chi connectivity index (χ2n) is 7.18. The zero-order valence-electron chi connectivity index (χ0n) is 16.7. The van der Waals surface area contributed by atoms with E-state index in [4.69, 9.17) is 14.9 Å². The van der Waals surface area contributed by atoms with Crippen molar-refractivity contribution in [2.24, 2.45) is 0 Å². The Hall–Kier alpha value is -2.13. The molecule has 2 aliphatic heterocycles. The number of piperidine rings is 1. The van der Waals surface area contributed by atoms with E-state index in [9.17, 15) is 9.59 Å². The van der Waals surface area contributed by atoms with Crippen molar-refractivity contribution in [1.29, 1.82) is 0 Å². The van der Waals surface area contributed by atoms with Gasteiger partial charge in [0, 0.05) is 36.6 Å². The van der Waals surface area contributed by atoms with Crippen LogP contribution in [0.1, 0.15) is 35.6 Å². The molecule has 0 bridgehead atoms. The summed E-state index contributed by atoms with van der Waals surface area (Å²) in [5.74, 6) is -1.46. The van der Waals surface area contributed by atoms with Crippen LogP contribution >= 0.6 is 23.1 Å². The maximum absolute atomic E-state index is 9.55. The van der Waals surface area contributed by atoms with E-state index in [1.807, 2.05) is 23.1 Å². The molecule has 160 valence electrons. The summed E-state index contributed by atoms with van der Waals surface area (Å²) in [5, 5.41) is 17.8. The van der Waals surface area contributed by atoms with Gasteiger partial charge in [0.05, 0.1) is 10.3 Å². The third-order valence-electron chi connectivity index (χ3n) is 5.00. The van der Waals surface area contributed by atoms with Crippen LogP contribution in [0.25, 0.3) is 0 Å². The zero-order chi connectivity index (χ0) is 21.5. The number of aliphatic carboxylic acids is 2. The number of hydrogen-bond acceptors (Lipinski definition) is 6. The Kier molecular flexibility index (Phi) is 8.09. The Morgan fingerprint density at radius 3 is 2.40 bits per heavy atom. The molecule has 8 heteroatoms. The van der Waals surface area contributed by atoms with E-state index < -0.39 is 11.9 Å². The van der Waals surface area contributed by atoms with Gasteiger partial charge in [-0.05, 0) is 42.5 Å². The number of hydrogen-bond donors (Lipinski definition) is 2. The van der Waals surface area contributed by atoms with Crippen LogP contribution in [-0.4, -0.2) is 53.3 Å². The average molecular weight is 448 g/mol. The number of ether oxygens (including phenoxy) is 1. The van der Waals surface area contributed by atoms with Gasteiger partial charge in [-0.15, -0.1) is 23.1 Å². The number of nitrogens with zero attached hydrogens (tertiary/aromatic N) is 1. The molecule has 1 unspecified atom stereocenters. The van der Waals surface area contributed by atoms with E-state index in [1.54, 1.807) is 0 Å². The molecule has 1 atom stereocenters. The summed E-state index contributed by atoms with van der Waals surface area (Å²) in [6.07, 6.45) is 3.89. The lowest BCUT2D eigenvalue weighted by Crippen LogP contribution is -2.35. The molecule has 0 amide bonds. The minimum Gasteiger partial charge on any atom is -0.478 e. The van der Waals surface area contributed by atoms with Crippen LogP contribution in [0.3, 0.4) is 0 Å². The Morgan fingerprint density at radius 2 is 1.73 bits per heavy atom. The molecule has 1 aromatic heterocycles. The number of benzene rings is 1. The molecule has 3 heterocycles. The number of carbonyl (C=O) groups is 2. The molecule has 0 radical (unpaired) electrons. The Labute approximate surface area is 184 Å².